The summed E-state index contributed by atoms with van der Waals surface area (Å²) in [4.78, 5) is 4.35. The summed E-state index contributed by atoms with van der Waals surface area (Å²) < 4.78 is 5.99. The van der Waals surface area contributed by atoms with Crippen molar-refractivity contribution in [3.8, 4) is 5.75 Å². The predicted molar refractivity (Wildman–Crippen MR) is 75.9 cm³/mol. The Hall–Kier alpha value is -1.09. The van der Waals surface area contributed by atoms with Gasteiger partial charge in [0.1, 0.15) is 11.4 Å². The average molecular weight is 250 g/mol. The lowest BCUT2D eigenvalue weighted by Crippen LogP contribution is -2.25. The molecule has 0 aromatic carbocycles. The molecule has 3 nitrogen and oxygen atoms in total. The lowest BCUT2D eigenvalue weighted by Gasteiger charge is -2.23. The monoisotopic (exact) mass is 250 g/mol. The molecular weight excluding hydrogens is 224 g/mol. The van der Waals surface area contributed by atoms with Gasteiger partial charge in [-0.2, -0.15) is 0 Å². The topological polar surface area (TPSA) is 34.1 Å². The Morgan fingerprint density at radius 3 is 2.56 bits per heavy atom. The smallest absolute Gasteiger partial charge is 0.127 e. The average Bonchev–Trinajstić information content (AvgIpc) is 2.18. The SMILES string of the molecule is Cc1cc(OC(C)(C)C)c(CNCC(C)C)cn1. The predicted octanol–water partition coefficient (Wildman–Crippen LogP) is 3.31. The van der Waals surface area contributed by atoms with Gasteiger partial charge < -0.3 is 10.1 Å². The molecule has 1 aromatic heterocycles. The van der Waals surface area contributed by atoms with Gasteiger partial charge in [0.2, 0.25) is 0 Å². The molecule has 18 heavy (non-hydrogen) atoms. The van der Waals surface area contributed by atoms with Crippen molar-refractivity contribution < 1.29 is 4.74 Å². The minimum Gasteiger partial charge on any atom is -0.488 e. The highest BCUT2D eigenvalue weighted by Gasteiger charge is 2.15. The molecule has 0 unspecified atom stereocenters. The van der Waals surface area contributed by atoms with Crippen LogP contribution in [0.2, 0.25) is 0 Å². The Balaban J connectivity index is 2.76. The maximum Gasteiger partial charge on any atom is 0.127 e. The van der Waals surface area contributed by atoms with Crippen LogP contribution in [0.5, 0.6) is 5.75 Å². The summed E-state index contributed by atoms with van der Waals surface area (Å²) in [7, 11) is 0. The van der Waals surface area contributed by atoms with E-state index in [4.69, 9.17) is 4.74 Å². The molecule has 0 aliphatic carbocycles. The standard InChI is InChI=1S/C15H26N2O/c1-11(2)8-16-9-13-10-17-12(3)7-14(13)18-15(4,5)6/h7,10-11,16H,8-9H2,1-6H3. The summed E-state index contributed by atoms with van der Waals surface area (Å²) in [6, 6.07) is 2.01. The van der Waals surface area contributed by atoms with Crippen molar-refractivity contribution in [1.82, 2.24) is 10.3 Å². The fourth-order valence-electron chi connectivity index (χ4n) is 1.62. The van der Waals surface area contributed by atoms with Gasteiger partial charge in [-0.15, -0.1) is 0 Å². The first-order valence-corrected chi connectivity index (χ1v) is 6.63. The molecular formula is C15H26N2O. The maximum absolute atomic E-state index is 5.99. The molecule has 1 N–H and O–H groups in total. The van der Waals surface area contributed by atoms with E-state index < -0.39 is 0 Å². The zero-order valence-corrected chi connectivity index (χ0v) is 12.5. The number of ether oxygens (including phenoxy) is 1. The van der Waals surface area contributed by atoms with E-state index >= 15 is 0 Å². The van der Waals surface area contributed by atoms with E-state index in [-0.39, 0.29) is 5.60 Å². The summed E-state index contributed by atoms with van der Waals surface area (Å²) >= 11 is 0. The van der Waals surface area contributed by atoms with Crippen LogP contribution in [0.25, 0.3) is 0 Å². The molecule has 102 valence electrons. The number of hydrogen-bond acceptors (Lipinski definition) is 3. The normalized spacial score (nSPS) is 11.9. The molecule has 0 radical (unpaired) electrons. The lowest BCUT2D eigenvalue weighted by atomic mass is 10.1. The molecule has 0 atom stereocenters. The Bertz CT molecular complexity index is 381. The highest BCUT2D eigenvalue weighted by molar-refractivity contribution is 5.33. The number of aryl methyl sites for hydroxylation is 1. The van der Waals surface area contributed by atoms with Crippen molar-refractivity contribution in [2.45, 2.75) is 53.7 Å². The van der Waals surface area contributed by atoms with Crippen LogP contribution in [0, 0.1) is 12.8 Å². The van der Waals surface area contributed by atoms with Crippen molar-refractivity contribution in [1.29, 1.82) is 0 Å². The zero-order chi connectivity index (χ0) is 13.8. The fraction of sp³-hybridized carbons (Fsp3) is 0.667. The lowest BCUT2D eigenvalue weighted by molar-refractivity contribution is 0.129. The van der Waals surface area contributed by atoms with E-state index in [1.807, 2.05) is 19.2 Å². The number of aromatic nitrogens is 1. The van der Waals surface area contributed by atoms with Gasteiger partial charge >= 0.3 is 0 Å². The largest absolute Gasteiger partial charge is 0.488 e. The van der Waals surface area contributed by atoms with Crippen LogP contribution in [0.3, 0.4) is 0 Å². The van der Waals surface area contributed by atoms with E-state index in [0.717, 1.165) is 30.1 Å². The molecule has 1 rings (SSSR count). The second-order valence-electron chi connectivity index (χ2n) is 6.17. The minimum absolute atomic E-state index is 0.180. The molecule has 0 aliphatic rings. The zero-order valence-electron chi connectivity index (χ0n) is 12.5. The van der Waals surface area contributed by atoms with Crippen LogP contribution in [-0.2, 0) is 6.54 Å². The number of nitrogens with one attached hydrogen (secondary N) is 1. The summed E-state index contributed by atoms with van der Waals surface area (Å²) in [5, 5.41) is 3.43. The molecule has 0 aliphatic heterocycles. The molecule has 1 aromatic rings. The maximum atomic E-state index is 5.99. The Morgan fingerprint density at radius 1 is 1.33 bits per heavy atom. The van der Waals surface area contributed by atoms with Crippen molar-refractivity contribution >= 4 is 0 Å². The fourth-order valence-corrected chi connectivity index (χ4v) is 1.62. The number of hydrogen-bond donors (Lipinski definition) is 1. The molecule has 0 saturated heterocycles. The van der Waals surface area contributed by atoms with Gasteiger partial charge in [-0.05, 0) is 40.2 Å². The molecule has 0 saturated carbocycles. The van der Waals surface area contributed by atoms with E-state index in [2.05, 4.69) is 44.9 Å². The van der Waals surface area contributed by atoms with Gasteiger partial charge in [-0.1, -0.05) is 13.8 Å². The number of rotatable bonds is 5. The second-order valence-corrected chi connectivity index (χ2v) is 6.17. The number of pyridine rings is 1. The molecule has 3 heteroatoms. The quantitative estimate of drug-likeness (QED) is 0.870. The highest BCUT2D eigenvalue weighted by Crippen LogP contribution is 2.23. The first kappa shape index (κ1) is 15.0. The van der Waals surface area contributed by atoms with Crippen molar-refractivity contribution in [3.63, 3.8) is 0 Å². The summed E-state index contributed by atoms with van der Waals surface area (Å²) in [6.07, 6.45) is 1.91. The van der Waals surface area contributed by atoms with Crippen LogP contribution >= 0.6 is 0 Å². The van der Waals surface area contributed by atoms with E-state index in [0.29, 0.717) is 5.92 Å². The first-order valence-electron chi connectivity index (χ1n) is 6.63. The van der Waals surface area contributed by atoms with E-state index in [1.54, 1.807) is 0 Å². The van der Waals surface area contributed by atoms with Crippen LogP contribution in [0.1, 0.15) is 45.9 Å². The van der Waals surface area contributed by atoms with Gasteiger partial charge in [0, 0.05) is 30.1 Å². The Labute approximate surface area is 111 Å². The van der Waals surface area contributed by atoms with E-state index in [9.17, 15) is 0 Å². The van der Waals surface area contributed by atoms with Gasteiger partial charge in [0.05, 0.1) is 0 Å². The Kier molecular flexibility index (Phi) is 5.15. The highest BCUT2D eigenvalue weighted by atomic mass is 16.5. The van der Waals surface area contributed by atoms with E-state index in [1.165, 1.54) is 0 Å². The van der Waals surface area contributed by atoms with Gasteiger partial charge in [0.25, 0.3) is 0 Å². The minimum atomic E-state index is -0.180. The Morgan fingerprint density at radius 2 is 2.00 bits per heavy atom. The van der Waals surface area contributed by atoms with Crippen LogP contribution < -0.4 is 10.1 Å². The molecule has 0 fully saturated rings. The third kappa shape index (κ3) is 5.50. The van der Waals surface area contributed by atoms with Gasteiger partial charge in [-0.3, -0.25) is 4.98 Å². The van der Waals surface area contributed by atoms with Gasteiger partial charge in [0.15, 0.2) is 0 Å². The van der Waals surface area contributed by atoms with Crippen LogP contribution in [0.15, 0.2) is 12.3 Å². The first-order chi connectivity index (χ1) is 8.28. The number of nitrogens with zero attached hydrogens (tertiary/aromatic N) is 1. The van der Waals surface area contributed by atoms with Crippen LogP contribution in [0.4, 0.5) is 0 Å². The third-order valence-electron chi connectivity index (χ3n) is 2.36. The van der Waals surface area contributed by atoms with Crippen LogP contribution in [-0.4, -0.2) is 17.1 Å². The van der Waals surface area contributed by atoms with Crippen molar-refractivity contribution in [2.75, 3.05) is 6.54 Å². The second kappa shape index (κ2) is 6.19. The third-order valence-corrected chi connectivity index (χ3v) is 2.36. The summed E-state index contributed by atoms with van der Waals surface area (Å²) in [5.41, 5.74) is 1.93. The summed E-state index contributed by atoms with van der Waals surface area (Å²) in [6.45, 7) is 14.4. The molecule has 0 spiro atoms. The van der Waals surface area contributed by atoms with Crippen molar-refractivity contribution in [2.24, 2.45) is 5.92 Å². The van der Waals surface area contributed by atoms with Crippen molar-refractivity contribution in [3.05, 3.63) is 23.5 Å². The summed E-state index contributed by atoms with van der Waals surface area (Å²) in [5.74, 6) is 1.58. The molecule has 1 heterocycles. The molecule has 0 amide bonds. The van der Waals surface area contributed by atoms with Gasteiger partial charge in [-0.25, -0.2) is 0 Å². The molecule has 0 bridgehead atoms.